The van der Waals surface area contributed by atoms with Crippen molar-refractivity contribution < 1.29 is 9.21 Å². The summed E-state index contributed by atoms with van der Waals surface area (Å²) in [6.45, 7) is 4.60. The van der Waals surface area contributed by atoms with Crippen LogP contribution in [0.3, 0.4) is 0 Å². The highest BCUT2D eigenvalue weighted by atomic mass is 16.3. The third-order valence-corrected chi connectivity index (χ3v) is 5.43. The van der Waals surface area contributed by atoms with Gasteiger partial charge in [-0.05, 0) is 43.5 Å². The molecule has 0 radical (unpaired) electrons. The summed E-state index contributed by atoms with van der Waals surface area (Å²) < 4.78 is 5.32. The number of carbonyl (C=O) groups excluding carboxylic acids is 1. The Balaban J connectivity index is 1.62. The van der Waals surface area contributed by atoms with Gasteiger partial charge in [0, 0.05) is 5.41 Å². The van der Waals surface area contributed by atoms with Crippen LogP contribution in [0.25, 0.3) is 0 Å². The van der Waals surface area contributed by atoms with Gasteiger partial charge < -0.3 is 9.73 Å². The molecule has 1 saturated carbocycles. The lowest BCUT2D eigenvalue weighted by Crippen LogP contribution is -2.28. The molecule has 3 heteroatoms. The minimum absolute atomic E-state index is 0.0529. The maximum atomic E-state index is 12.8. The number of carbonyl (C=O) groups is 1. The summed E-state index contributed by atoms with van der Waals surface area (Å²) in [7, 11) is 0. The third-order valence-electron chi connectivity index (χ3n) is 5.43. The fraction of sp³-hybridized carbons (Fsp3) is 0.261. The van der Waals surface area contributed by atoms with Crippen molar-refractivity contribution in [3.8, 4) is 0 Å². The zero-order chi connectivity index (χ0) is 18.1. The molecule has 1 N–H and O–H groups in total. The zero-order valence-electron chi connectivity index (χ0n) is 15.2. The molecule has 1 aliphatic carbocycles. The van der Waals surface area contributed by atoms with Gasteiger partial charge in [0.1, 0.15) is 5.76 Å². The number of amides is 1. The molecule has 0 bridgehead atoms. The van der Waals surface area contributed by atoms with Crippen molar-refractivity contribution in [3.05, 3.63) is 94.9 Å². The van der Waals surface area contributed by atoms with Crippen molar-refractivity contribution in [2.24, 2.45) is 5.92 Å². The first kappa shape index (κ1) is 16.6. The highest BCUT2D eigenvalue weighted by molar-refractivity contribution is 5.86. The lowest BCUT2D eigenvalue weighted by Gasteiger charge is -2.19. The SMILES string of the molecule is Cc1ccc(C2(c3ccc(C)cc3)C[C@@H]2C(=O)NCc2ccco2)cc1. The predicted molar refractivity (Wildman–Crippen MR) is 102 cm³/mol. The molecule has 0 aliphatic heterocycles. The number of hydrogen-bond donors (Lipinski definition) is 1. The Morgan fingerprint density at radius 2 is 1.58 bits per heavy atom. The molecule has 1 aliphatic rings. The molecule has 2 aromatic carbocycles. The lowest BCUT2D eigenvalue weighted by atomic mass is 9.85. The van der Waals surface area contributed by atoms with E-state index in [4.69, 9.17) is 4.42 Å². The highest BCUT2D eigenvalue weighted by Crippen LogP contribution is 2.59. The quantitative estimate of drug-likeness (QED) is 0.739. The molecule has 1 heterocycles. The van der Waals surface area contributed by atoms with E-state index in [-0.39, 0.29) is 17.2 Å². The van der Waals surface area contributed by atoms with Crippen LogP contribution < -0.4 is 5.32 Å². The van der Waals surface area contributed by atoms with Gasteiger partial charge in [0.25, 0.3) is 0 Å². The minimum Gasteiger partial charge on any atom is -0.467 e. The lowest BCUT2D eigenvalue weighted by molar-refractivity contribution is -0.122. The Bertz CT molecular complexity index is 847. The van der Waals surface area contributed by atoms with Crippen LogP contribution in [-0.2, 0) is 16.8 Å². The van der Waals surface area contributed by atoms with Crippen LogP contribution in [0.2, 0.25) is 0 Å². The van der Waals surface area contributed by atoms with Crippen molar-refractivity contribution in [1.82, 2.24) is 5.32 Å². The molecule has 26 heavy (non-hydrogen) atoms. The normalized spacial score (nSPS) is 17.7. The van der Waals surface area contributed by atoms with Crippen molar-refractivity contribution in [1.29, 1.82) is 0 Å². The molecule has 0 spiro atoms. The second-order valence-electron chi connectivity index (χ2n) is 7.26. The Morgan fingerprint density at radius 3 is 2.08 bits per heavy atom. The molecule has 4 rings (SSSR count). The summed E-state index contributed by atoms with van der Waals surface area (Å²) >= 11 is 0. The maximum absolute atomic E-state index is 12.8. The van der Waals surface area contributed by atoms with E-state index in [1.807, 2.05) is 12.1 Å². The molecule has 1 aromatic heterocycles. The van der Waals surface area contributed by atoms with Gasteiger partial charge >= 0.3 is 0 Å². The number of furan rings is 1. The summed E-state index contributed by atoms with van der Waals surface area (Å²) in [6.07, 6.45) is 2.46. The second kappa shape index (κ2) is 6.49. The van der Waals surface area contributed by atoms with E-state index in [1.54, 1.807) is 6.26 Å². The second-order valence-corrected chi connectivity index (χ2v) is 7.26. The van der Waals surface area contributed by atoms with Crippen LogP contribution in [0.4, 0.5) is 0 Å². The van der Waals surface area contributed by atoms with E-state index in [2.05, 4.69) is 67.7 Å². The summed E-state index contributed by atoms with van der Waals surface area (Å²) in [6, 6.07) is 20.9. The number of benzene rings is 2. The van der Waals surface area contributed by atoms with Gasteiger partial charge in [0.2, 0.25) is 5.91 Å². The van der Waals surface area contributed by atoms with Crippen LogP contribution in [0.15, 0.2) is 71.3 Å². The molecular formula is C23H23NO2. The van der Waals surface area contributed by atoms with Crippen LogP contribution >= 0.6 is 0 Å². The smallest absolute Gasteiger partial charge is 0.224 e. The molecule has 1 atom stereocenters. The Hall–Kier alpha value is -2.81. The van der Waals surface area contributed by atoms with Crippen LogP contribution in [-0.4, -0.2) is 5.91 Å². The van der Waals surface area contributed by atoms with Crippen LogP contribution in [0.1, 0.15) is 34.4 Å². The first-order chi connectivity index (χ1) is 12.6. The highest BCUT2D eigenvalue weighted by Gasteiger charge is 2.60. The average molecular weight is 345 g/mol. The summed E-state index contributed by atoms with van der Waals surface area (Å²) in [5.74, 6) is 0.806. The zero-order valence-corrected chi connectivity index (χ0v) is 15.2. The topological polar surface area (TPSA) is 42.2 Å². The van der Waals surface area contributed by atoms with Crippen molar-refractivity contribution in [3.63, 3.8) is 0 Å². The van der Waals surface area contributed by atoms with Crippen LogP contribution in [0.5, 0.6) is 0 Å². The Morgan fingerprint density at radius 1 is 1.00 bits per heavy atom. The number of hydrogen-bond acceptors (Lipinski definition) is 2. The van der Waals surface area contributed by atoms with Gasteiger partial charge in [0.15, 0.2) is 0 Å². The Labute approximate surface area is 154 Å². The fourth-order valence-corrected chi connectivity index (χ4v) is 3.80. The number of rotatable bonds is 5. The molecule has 1 amide bonds. The molecule has 0 saturated heterocycles. The van der Waals surface area contributed by atoms with Gasteiger partial charge in [-0.1, -0.05) is 59.7 Å². The van der Waals surface area contributed by atoms with Crippen molar-refractivity contribution in [2.75, 3.05) is 0 Å². The van der Waals surface area contributed by atoms with E-state index in [0.717, 1.165) is 12.2 Å². The monoisotopic (exact) mass is 345 g/mol. The fourth-order valence-electron chi connectivity index (χ4n) is 3.80. The first-order valence-corrected chi connectivity index (χ1v) is 9.04. The van der Waals surface area contributed by atoms with E-state index in [1.165, 1.54) is 22.3 Å². The summed E-state index contributed by atoms with van der Waals surface area (Å²) in [5, 5.41) is 3.03. The van der Waals surface area contributed by atoms with Gasteiger partial charge in [-0.25, -0.2) is 0 Å². The number of nitrogens with one attached hydrogen (secondary N) is 1. The van der Waals surface area contributed by atoms with Gasteiger partial charge in [-0.3, -0.25) is 4.79 Å². The van der Waals surface area contributed by atoms with Crippen LogP contribution in [0, 0.1) is 19.8 Å². The summed E-state index contributed by atoms with van der Waals surface area (Å²) in [5.41, 5.74) is 4.66. The molecule has 132 valence electrons. The largest absolute Gasteiger partial charge is 0.467 e. The average Bonchev–Trinajstić information content (AvgIpc) is 3.18. The Kier molecular flexibility index (Phi) is 4.15. The van der Waals surface area contributed by atoms with Gasteiger partial charge in [0.05, 0.1) is 18.7 Å². The molecule has 3 aromatic rings. The standard InChI is InChI=1S/C23H23NO2/c1-16-5-9-18(10-6-16)23(19-11-7-17(2)8-12-19)14-21(23)22(25)24-15-20-4-3-13-26-20/h3-13,21H,14-15H2,1-2H3,(H,24,25)/t21-/m1/s1. The predicted octanol–water partition coefficient (Wildman–Crippen LogP) is 4.52. The first-order valence-electron chi connectivity index (χ1n) is 9.04. The number of aryl methyl sites for hydroxylation is 2. The van der Waals surface area contributed by atoms with Gasteiger partial charge in [-0.15, -0.1) is 0 Å². The van der Waals surface area contributed by atoms with E-state index >= 15 is 0 Å². The van der Waals surface area contributed by atoms with Crippen molar-refractivity contribution >= 4 is 5.91 Å². The molecule has 1 fully saturated rings. The molecule has 0 unspecified atom stereocenters. The van der Waals surface area contributed by atoms with E-state index in [9.17, 15) is 4.79 Å². The van der Waals surface area contributed by atoms with E-state index < -0.39 is 0 Å². The summed E-state index contributed by atoms with van der Waals surface area (Å²) in [4.78, 5) is 12.8. The van der Waals surface area contributed by atoms with Crippen molar-refractivity contribution in [2.45, 2.75) is 32.2 Å². The minimum atomic E-state index is -0.228. The third kappa shape index (κ3) is 2.94. The van der Waals surface area contributed by atoms with Gasteiger partial charge in [-0.2, -0.15) is 0 Å². The molecular weight excluding hydrogens is 322 g/mol. The van der Waals surface area contributed by atoms with E-state index in [0.29, 0.717) is 6.54 Å². The molecule has 3 nitrogen and oxygen atoms in total. The maximum Gasteiger partial charge on any atom is 0.224 e.